The summed E-state index contributed by atoms with van der Waals surface area (Å²) in [5, 5.41) is 1.95. The molecule has 1 aromatic heterocycles. The zero-order chi connectivity index (χ0) is 25.6. The van der Waals surface area contributed by atoms with Crippen molar-refractivity contribution in [3.63, 3.8) is 0 Å². The maximum absolute atomic E-state index is 14.4. The highest BCUT2D eigenvalue weighted by molar-refractivity contribution is 7.90. The van der Waals surface area contributed by atoms with Crippen LogP contribution < -0.4 is 10.1 Å². The molecule has 7 nitrogen and oxygen atoms in total. The van der Waals surface area contributed by atoms with Crippen LogP contribution in [0.15, 0.2) is 35.5 Å². The van der Waals surface area contributed by atoms with Gasteiger partial charge in [-0.25, -0.2) is 17.8 Å². The number of benzene rings is 1. The van der Waals surface area contributed by atoms with Gasteiger partial charge in [0, 0.05) is 35.5 Å². The highest BCUT2D eigenvalue weighted by Gasteiger charge is 2.65. The van der Waals surface area contributed by atoms with Crippen molar-refractivity contribution in [1.29, 1.82) is 0 Å². The summed E-state index contributed by atoms with van der Waals surface area (Å²) in [5.74, 6) is -7.22. The molecule has 1 saturated heterocycles. The van der Waals surface area contributed by atoms with E-state index in [4.69, 9.17) is 9.47 Å². The standard InChI is InChI=1S/C21H21F5N2O5S/c1-10-15(12-5-6-13(22)16(23)17(12)32-3)18(33-20(10,2)21(24,25)26)19(29)28-11-7-8-27-14(9-11)34(4,30)31/h5-10,15,18H,1-4H3,(H,27,28,29). The molecular weight excluding hydrogens is 487 g/mol. The van der Waals surface area contributed by atoms with E-state index in [0.717, 1.165) is 44.7 Å². The molecule has 1 amide bonds. The molecule has 1 aromatic carbocycles. The molecule has 34 heavy (non-hydrogen) atoms. The molecule has 4 atom stereocenters. The molecular formula is C21H21F5N2O5S. The van der Waals surface area contributed by atoms with Crippen molar-refractivity contribution in [2.45, 2.75) is 42.7 Å². The smallest absolute Gasteiger partial charge is 0.417 e. The SMILES string of the molecule is COc1c(C2C(C(=O)Nc3ccnc(S(C)(=O)=O)c3)OC(C)(C(F)(F)F)C2C)ccc(F)c1F. The Hall–Kier alpha value is -2.80. The number of pyridine rings is 1. The van der Waals surface area contributed by atoms with Crippen molar-refractivity contribution in [3.05, 3.63) is 47.7 Å². The third kappa shape index (κ3) is 4.45. The van der Waals surface area contributed by atoms with E-state index in [2.05, 4.69) is 10.3 Å². The van der Waals surface area contributed by atoms with Crippen LogP contribution in [0, 0.1) is 17.6 Å². The fourth-order valence-corrected chi connectivity index (χ4v) is 4.54. The van der Waals surface area contributed by atoms with Gasteiger partial charge in [0.2, 0.25) is 5.82 Å². The van der Waals surface area contributed by atoms with Crippen molar-refractivity contribution in [2.75, 3.05) is 18.7 Å². The number of alkyl halides is 3. The van der Waals surface area contributed by atoms with Crippen LogP contribution in [0.3, 0.4) is 0 Å². The molecule has 1 aliphatic heterocycles. The van der Waals surface area contributed by atoms with E-state index in [1.165, 1.54) is 13.0 Å². The summed E-state index contributed by atoms with van der Waals surface area (Å²) in [6.07, 6.45) is -4.73. The summed E-state index contributed by atoms with van der Waals surface area (Å²) in [6, 6.07) is 4.03. The Morgan fingerprint density at radius 3 is 2.44 bits per heavy atom. The van der Waals surface area contributed by atoms with Crippen molar-refractivity contribution in [1.82, 2.24) is 4.98 Å². The second-order valence-corrected chi connectivity index (χ2v) is 10.0. The molecule has 0 radical (unpaired) electrons. The third-order valence-electron chi connectivity index (χ3n) is 5.95. The van der Waals surface area contributed by atoms with Gasteiger partial charge in [-0.2, -0.15) is 17.6 Å². The highest BCUT2D eigenvalue weighted by Crippen LogP contribution is 2.55. The number of rotatable bonds is 5. The van der Waals surface area contributed by atoms with E-state index in [1.54, 1.807) is 0 Å². The average Bonchev–Trinajstić information content (AvgIpc) is 3.01. The van der Waals surface area contributed by atoms with Crippen molar-refractivity contribution < 1.29 is 44.6 Å². The number of ether oxygens (including phenoxy) is 2. The van der Waals surface area contributed by atoms with Crippen molar-refractivity contribution in [3.8, 4) is 5.75 Å². The quantitative estimate of drug-likeness (QED) is 0.617. The number of nitrogens with zero attached hydrogens (tertiary/aromatic N) is 1. The zero-order valence-corrected chi connectivity index (χ0v) is 19.2. The minimum atomic E-state index is -4.91. The molecule has 3 rings (SSSR count). The van der Waals surface area contributed by atoms with E-state index in [-0.39, 0.29) is 16.3 Å². The summed E-state index contributed by atoms with van der Waals surface area (Å²) < 4.78 is 104. The first-order valence-corrected chi connectivity index (χ1v) is 11.7. The van der Waals surface area contributed by atoms with Gasteiger partial charge in [-0.1, -0.05) is 13.0 Å². The minimum Gasteiger partial charge on any atom is -0.493 e. The van der Waals surface area contributed by atoms with Crippen LogP contribution in [0.5, 0.6) is 5.75 Å². The van der Waals surface area contributed by atoms with Gasteiger partial charge in [0.1, 0.15) is 6.10 Å². The Bertz CT molecular complexity index is 1220. The minimum absolute atomic E-state index is 0.0618. The lowest BCUT2D eigenvalue weighted by Crippen LogP contribution is -2.47. The predicted molar refractivity (Wildman–Crippen MR) is 110 cm³/mol. The van der Waals surface area contributed by atoms with Crippen LogP contribution in [-0.2, 0) is 19.4 Å². The van der Waals surface area contributed by atoms with Crippen LogP contribution in [0.1, 0.15) is 25.3 Å². The molecule has 4 unspecified atom stereocenters. The molecule has 1 N–H and O–H groups in total. The maximum atomic E-state index is 14.4. The molecule has 0 bridgehead atoms. The van der Waals surface area contributed by atoms with Gasteiger partial charge in [0.15, 0.2) is 32.0 Å². The lowest BCUT2D eigenvalue weighted by Gasteiger charge is -2.32. The van der Waals surface area contributed by atoms with Gasteiger partial charge >= 0.3 is 6.18 Å². The van der Waals surface area contributed by atoms with Gasteiger partial charge in [-0.15, -0.1) is 0 Å². The van der Waals surface area contributed by atoms with E-state index in [9.17, 15) is 35.2 Å². The molecule has 0 spiro atoms. The average molecular weight is 508 g/mol. The lowest BCUT2D eigenvalue weighted by molar-refractivity contribution is -0.272. The number of hydrogen-bond donors (Lipinski definition) is 1. The summed E-state index contributed by atoms with van der Waals surface area (Å²) in [5.41, 5.74) is -3.06. The number of hydrogen-bond acceptors (Lipinski definition) is 6. The number of aromatic nitrogens is 1. The van der Waals surface area contributed by atoms with Gasteiger partial charge in [0.05, 0.1) is 7.11 Å². The van der Waals surface area contributed by atoms with E-state index in [1.807, 2.05) is 0 Å². The second kappa shape index (κ2) is 8.77. The number of nitrogens with one attached hydrogen (secondary N) is 1. The molecule has 2 heterocycles. The number of carbonyl (C=O) groups is 1. The number of sulfone groups is 1. The maximum Gasteiger partial charge on any atom is 0.417 e. The van der Waals surface area contributed by atoms with Gasteiger partial charge in [-0.05, 0) is 25.1 Å². The first kappa shape index (κ1) is 25.8. The van der Waals surface area contributed by atoms with Crippen LogP contribution >= 0.6 is 0 Å². The van der Waals surface area contributed by atoms with Crippen molar-refractivity contribution in [2.24, 2.45) is 5.92 Å². The number of halogens is 5. The normalized spacial score (nSPS) is 25.3. The Balaban J connectivity index is 2.08. The summed E-state index contributed by atoms with van der Waals surface area (Å²) in [7, 11) is -2.72. The summed E-state index contributed by atoms with van der Waals surface area (Å²) >= 11 is 0. The van der Waals surface area contributed by atoms with Crippen LogP contribution in [-0.4, -0.2) is 50.6 Å². The molecule has 0 aliphatic carbocycles. The van der Waals surface area contributed by atoms with Gasteiger partial charge in [-0.3, -0.25) is 4.79 Å². The lowest BCUT2D eigenvalue weighted by atomic mass is 9.77. The molecule has 2 aromatic rings. The molecule has 186 valence electrons. The van der Waals surface area contributed by atoms with Crippen molar-refractivity contribution >= 4 is 21.4 Å². The first-order valence-electron chi connectivity index (χ1n) is 9.85. The van der Waals surface area contributed by atoms with Crippen LogP contribution in [0.2, 0.25) is 0 Å². The van der Waals surface area contributed by atoms with Gasteiger partial charge < -0.3 is 14.8 Å². The van der Waals surface area contributed by atoms with Gasteiger partial charge in [0.25, 0.3) is 5.91 Å². The molecule has 0 saturated carbocycles. The summed E-state index contributed by atoms with van der Waals surface area (Å²) in [6.45, 7) is 1.94. The molecule has 13 heteroatoms. The van der Waals surface area contributed by atoms with E-state index < -0.39 is 62.8 Å². The Morgan fingerprint density at radius 2 is 1.88 bits per heavy atom. The first-order chi connectivity index (χ1) is 15.6. The summed E-state index contributed by atoms with van der Waals surface area (Å²) in [4.78, 5) is 16.8. The fourth-order valence-electron chi connectivity index (χ4n) is 3.94. The number of amides is 1. The number of carbonyl (C=O) groups excluding carboxylic acids is 1. The predicted octanol–water partition coefficient (Wildman–Crippen LogP) is 3.85. The molecule has 1 fully saturated rings. The van der Waals surface area contributed by atoms with E-state index >= 15 is 0 Å². The second-order valence-electron chi connectivity index (χ2n) is 8.09. The zero-order valence-electron chi connectivity index (χ0n) is 18.4. The Kier molecular flexibility index (Phi) is 6.66. The largest absolute Gasteiger partial charge is 0.493 e. The number of methoxy groups -OCH3 is 1. The third-order valence-corrected chi connectivity index (χ3v) is 6.94. The topological polar surface area (TPSA) is 94.6 Å². The fraction of sp³-hybridized carbons (Fsp3) is 0.429. The highest BCUT2D eigenvalue weighted by atomic mass is 32.2. The Morgan fingerprint density at radius 1 is 1.24 bits per heavy atom. The molecule has 1 aliphatic rings. The van der Waals surface area contributed by atoms with Crippen LogP contribution in [0.4, 0.5) is 27.6 Å². The van der Waals surface area contributed by atoms with E-state index in [0.29, 0.717) is 0 Å². The monoisotopic (exact) mass is 508 g/mol. The number of anilines is 1. The Labute approximate surface area is 192 Å². The van der Waals surface area contributed by atoms with Crippen LogP contribution in [0.25, 0.3) is 0 Å².